The molecule has 0 unspecified atom stereocenters. The Morgan fingerprint density at radius 2 is 2.07 bits per heavy atom. The van der Waals surface area contributed by atoms with Gasteiger partial charge in [-0.2, -0.15) is 0 Å². The Hall–Kier alpha value is -0.340. The van der Waals surface area contributed by atoms with Crippen LogP contribution in [0.3, 0.4) is 0 Å². The summed E-state index contributed by atoms with van der Waals surface area (Å²) in [6.45, 7) is 5.61. The van der Waals surface area contributed by atoms with E-state index in [2.05, 4.69) is 59.4 Å². The lowest BCUT2D eigenvalue weighted by Crippen LogP contribution is -2.28. The van der Waals surface area contributed by atoms with Crippen molar-refractivity contribution in [2.24, 2.45) is 5.41 Å². The summed E-state index contributed by atoms with van der Waals surface area (Å²) in [6, 6.07) is 8.53. The molecule has 1 aromatic rings. The van der Waals surface area contributed by atoms with Crippen LogP contribution >= 0.6 is 15.9 Å². The second-order valence-electron chi connectivity index (χ2n) is 4.50. The lowest BCUT2D eigenvalue weighted by molar-refractivity contribution is 0.350. The Bertz CT molecular complexity index is 294. The van der Waals surface area contributed by atoms with Gasteiger partial charge in [0, 0.05) is 11.0 Å². The topological polar surface area (TPSA) is 12.0 Å². The molecule has 1 N–H and O–H groups in total. The maximum atomic E-state index is 3.49. The smallest absolute Gasteiger partial charge is 0.0177 e. The van der Waals surface area contributed by atoms with Crippen LogP contribution in [0.25, 0.3) is 0 Å². The zero-order valence-corrected chi connectivity index (χ0v) is 10.7. The lowest BCUT2D eigenvalue weighted by atomic mass is 9.86. The first kappa shape index (κ1) is 11.7. The summed E-state index contributed by atoms with van der Waals surface area (Å²) in [4.78, 5) is 0. The molecular formula is C12H18BrN. The molecule has 1 rings (SSSR count). The summed E-state index contributed by atoms with van der Waals surface area (Å²) < 4.78 is 1.16. The van der Waals surface area contributed by atoms with Crippen LogP contribution in [0, 0.1) is 5.41 Å². The Balaban J connectivity index is 2.68. The molecule has 0 saturated carbocycles. The third kappa shape index (κ3) is 3.81. The summed E-state index contributed by atoms with van der Waals surface area (Å²) in [6.07, 6.45) is 1.10. The zero-order chi connectivity index (χ0) is 10.6. The fourth-order valence-electron chi connectivity index (χ4n) is 1.74. The molecule has 1 aromatic carbocycles. The van der Waals surface area contributed by atoms with Gasteiger partial charge in [-0.25, -0.2) is 0 Å². The van der Waals surface area contributed by atoms with Crippen molar-refractivity contribution >= 4 is 15.9 Å². The van der Waals surface area contributed by atoms with Gasteiger partial charge in [0.25, 0.3) is 0 Å². The van der Waals surface area contributed by atoms with E-state index in [9.17, 15) is 0 Å². The van der Waals surface area contributed by atoms with Crippen molar-refractivity contribution < 1.29 is 0 Å². The van der Waals surface area contributed by atoms with Crippen molar-refractivity contribution in [3.8, 4) is 0 Å². The largest absolute Gasteiger partial charge is 0.319 e. The van der Waals surface area contributed by atoms with Crippen LogP contribution in [0.4, 0.5) is 0 Å². The van der Waals surface area contributed by atoms with Gasteiger partial charge in [0.2, 0.25) is 0 Å². The van der Waals surface area contributed by atoms with Crippen LogP contribution in [0.2, 0.25) is 0 Å². The first-order chi connectivity index (χ1) is 6.53. The highest BCUT2D eigenvalue weighted by molar-refractivity contribution is 9.10. The van der Waals surface area contributed by atoms with Gasteiger partial charge >= 0.3 is 0 Å². The number of hydrogen-bond acceptors (Lipinski definition) is 1. The minimum atomic E-state index is 0.315. The average molecular weight is 256 g/mol. The van der Waals surface area contributed by atoms with Gasteiger partial charge in [-0.15, -0.1) is 0 Å². The van der Waals surface area contributed by atoms with Crippen molar-refractivity contribution in [2.45, 2.75) is 20.3 Å². The van der Waals surface area contributed by atoms with E-state index in [-0.39, 0.29) is 0 Å². The summed E-state index contributed by atoms with van der Waals surface area (Å²) in [5.41, 5.74) is 1.70. The standard InChI is InChI=1S/C12H18BrN/c1-12(2,9-14-3)8-10-5-4-6-11(13)7-10/h4-7,14H,8-9H2,1-3H3. The van der Waals surface area contributed by atoms with Crippen molar-refractivity contribution in [3.63, 3.8) is 0 Å². The van der Waals surface area contributed by atoms with E-state index in [1.165, 1.54) is 5.56 Å². The molecule has 0 saturated heterocycles. The summed E-state index contributed by atoms with van der Waals surface area (Å²) in [7, 11) is 2.00. The molecule has 0 aliphatic carbocycles. The Morgan fingerprint density at radius 1 is 1.36 bits per heavy atom. The maximum Gasteiger partial charge on any atom is 0.0177 e. The molecule has 0 aromatic heterocycles. The molecular weight excluding hydrogens is 238 g/mol. The predicted octanol–water partition coefficient (Wildman–Crippen LogP) is 3.24. The number of halogens is 1. The fourth-order valence-corrected chi connectivity index (χ4v) is 2.19. The van der Waals surface area contributed by atoms with Gasteiger partial charge in [0.1, 0.15) is 0 Å². The number of hydrogen-bond donors (Lipinski definition) is 1. The summed E-state index contributed by atoms with van der Waals surface area (Å²) in [5.74, 6) is 0. The van der Waals surface area contributed by atoms with E-state index in [0.29, 0.717) is 5.41 Å². The molecule has 0 atom stereocenters. The highest BCUT2D eigenvalue weighted by Crippen LogP contribution is 2.22. The molecule has 0 heterocycles. The number of rotatable bonds is 4. The van der Waals surface area contributed by atoms with Gasteiger partial charge in [-0.05, 0) is 36.6 Å². The fraction of sp³-hybridized carbons (Fsp3) is 0.500. The third-order valence-electron chi connectivity index (χ3n) is 2.23. The monoisotopic (exact) mass is 255 g/mol. The minimum Gasteiger partial charge on any atom is -0.319 e. The van der Waals surface area contributed by atoms with Crippen molar-refractivity contribution in [1.29, 1.82) is 0 Å². The van der Waals surface area contributed by atoms with Crippen LogP contribution in [-0.4, -0.2) is 13.6 Å². The van der Waals surface area contributed by atoms with E-state index in [1.807, 2.05) is 7.05 Å². The SMILES string of the molecule is CNCC(C)(C)Cc1cccc(Br)c1. The van der Waals surface area contributed by atoms with Gasteiger partial charge in [-0.1, -0.05) is 41.9 Å². The van der Waals surface area contributed by atoms with E-state index in [0.717, 1.165) is 17.4 Å². The molecule has 0 fully saturated rings. The summed E-state index contributed by atoms with van der Waals surface area (Å²) >= 11 is 3.49. The van der Waals surface area contributed by atoms with E-state index >= 15 is 0 Å². The van der Waals surface area contributed by atoms with Crippen molar-refractivity contribution in [1.82, 2.24) is 5.32 Å². The molecule has 0 amide bonds. The molecule has 1 nitrogen and oxygen atoms in total. The molecule has 14 heavy (non-hydrogen) atoms. The lowest BCUT2D eigenvalue weighted by Gasteiger charge is -2.24. The molecule has 0 aliphatic rings. The number of nitrogens with one attached hydrogen (secondary N) is 1. The highest BCUT2D eigenvalue weighted by Gasteiger charge is 2.17. The number of benzene rings is 1. The van der Waals surface area contributed by atoms with Crippen LogP contribution in [0.15, 0.2) is 28.7 Å². The van der Waals surface area contributed by atoms with E-state index in [4.69, 9.17) is 0 Å². The average Bonchev–Trinajstić information content (AvgIpc) is 2.02. The summed E-state index contributed by atoms with van der Waals surface area (Å²) in [5, 5.41) is 3.23. The second-order valence-corrected chi connectivity index (χ2v) is 5.42. The Morgan fingerprint density at radius 3 is 2.64 bits per heavy atom. The second kappa shape index (κ2) is 4.94. The third-order valence-corrected chi connectivity index (χ3v) is 2.72. The highest BCUT2D eigenvalue weighted by atomic mass is 79.9. The first-order valence-corrected chi connectivity index (χ1v) is 5.72. The van der Waals surface area contributed by atoms with Crippen molar-refractivity contribution in [3.05, 3.63) is 34.3 Å². The normalized spacial score (nSPS) is 11.7. The van der Waals surface area contributed by atoms with E-state index in [1.54, 1.807) is 0 Å². The van der Waals surface area contributed by atoms with Crippen LogP contribution in [-0.2, 0) is 6.42 Å². The maximum absolute atomic E-state index is 3.49. The molecule has 78 valence electrons. The molecule has 0 radical (unpaired) electrons. The molecule has 2 heteroatoms. The first-order valence-electron chi connectivity index (χ1n) is 4.92. The predicted molar refractivity (Wildman–Crippen MR) is 65.6 cm³/mol. The van der Waals surface area contributed by atoms with Gasteiger partial charge in [0.15, 0.2) is 0 Å². The van der Waals surface area contributed by atoms with Crippen LogP contribution in [0.1, 0.15) is 19.4 Å². The van der Waals surface area contributed by atoms with Crippen LogP contribution < -0.4 is 5.32 Å². The molecule has 0 bridgehead atoms. The minimum absolute atomic E-state index is 0.315. The Kier molecular flexibility index (Phi) is 4.14. The molecule has 0 spiro atoms. The Labute approximate surface area is 95.0 Å². The quantitative estimate of drug-likeness (QED) is 0.872. The molecule has 0 aliphatic heterocycles. The van der Waals surface area contributed by atoms with Gasteiger partial charge in [-0.3, -0.25) is 0 Å². The van der Waals surface area contributed by atoms with Crippen molar-refractivity contribution in [2.75, 3.05) is 13.6 Å². The van der Waals surface area contributed by atoms with E-state index < -0.39 is 0 Å². The van der Waals surface area contributed by atoms with Crippen LogP contribution in [0.5, 0.6) is 0 Å². The zero-order valence-electron chi connectivity index (χ0n) is 9.10. The van der Waals surface area contributed by atoms with Gasteiger partial charge < -0.3 is 5.32 Å². The van der Waals surface area contributed by atoms with Gasteiger partial charge in [0.05, 0.1) is 0 Å².